The molecular formula is C26H24O2. The molecule has 0 unspecified atom stereocenters. The molecular weight excluding hydrogens is 344 g/mol. The van der Waals surface area contributed by atoms with E-state index in [2.05, 4.69) is 69.3 Å². The van der Waals surface area contributed by atoms with Gasteiger partial charge in [-0.2, -0.15) is 0 Å². The minimum Gasteiger partial charge on any atom is -0.478 e. The molecule has 0 atom stereocenters. The number of aryl methyl sites for hydroxylation is 1. The summed E-state index contributed by atoms with van der Waals surface area (Å²) in [4.78, 5) is 11.1. The molecule has 2 heteroatoms. The monoisotopic (exact) mass is 368 g/mol. The van der Waals surface area contributed by atoms with E-state index >= 15 is 0 Å². The average Bonchev–Trinajstić information content (AvgIpc) is 2.69. The predicted molar refractivity (Wildman–Crippen MR) is 115 cm³/mol. The molecule has 0 amide bonds. The number of carboxylic acids is 1. The Morgan fingerprint density at radius 3 is 2.11 bits per heavy atom. The zero-order valence-electron chi connectivity index (χ0n) is 16.5. The topological polar surface area (TPSA) is 37.3 Å². The summed E-state index contributed by atoms with van der Waals surface area (Å²) < 4.78 is 0. The Kier molecular flexibility index (Phi) is 4.43. The zero-order valence-corrected chi connectivity index (χ0v) is 16.5. The third-order valence-corrected chi connectivity index (χ3v) is 5.68. The summed E-state index contributed by atoms with van der Waals surface area (Å²) in [6.07, 6.45) is 3.36. The van der Waals surface area contributed by atoms with Crippen LogP contribution in [0.2, 0.25) is 0 Å². The number of fused-ring (bicyclic) bond motifs is 1. The lowest BCUT2D eigenvalue weighted by molar-refractivity contribution is 0.0697. The Morgan fingerprint density at radius 2 is 1.46 bits per heavy atom. The SMILES string of the molecule is Cc1ccc(C2=CCC(C)(C)c3ccc(-c4ccc(C(=O)O)cc4)cc32)cc1. The molecule has 1 aliphatic carbocycles. The Labute approximate surface area is 166 Å². The first-order chi connectivity index (χ1) is 13.3. The maximum atomic E-state index is 11.1. The minimum atomic E-state index is -0.900. The van der Waals surface area contributed by atoms with Gasteiger partial charge >= 0.3 is 5.97 Å². The molecule has 0 saturated carbocycles. The first kappa shape index (κ1) is 18.2. The second-order valence-corrected chi connectivity index (χ2v) is 8.21. The standard InChI is InChI=1S/C26H24O2/c1-17-4-6-19(7-5-17)22-14-15-26(2,3)24-13-12-21(16-23(22)24)18-8-10-20(11-9-18)25(27)28/h4-14,16H,15H2,1-3H3,(H,27,28). The number of rotatable bonds is 3. The van der Waals surface area contributed by atoms with Gasteiger partial charge in [-0.25, -0.2) is 4.79 Å². The zero-order chi connectivity index (χ0) is 19.9. The molecule has 140 valence electrons. The fourth-order valence-corrected chi connectivity index (χ4v) is 3.93. The van der Waals surface area contributed by atoms with Crippen LogP contribution in [0.4, 0.5) is 0 Å². The number of hydrogen-bond acceptors (Lipinski definition) is 1. The van der Waals surface area contributed by atoms with Gasteiger partial charge in [0.1, 0.15) is 0 Å². The first-order valence-electron chi connectivity index (χ1n) is 9.61. The Morgan fingerprint density at radius 1 is 0.857 bits per heavy atom. The third-order valence-electron chi connectivity index (χ3n) is 5.68. The molecule has 28 heavy (non-hydrogen) atoms. The van der Waals surface area contributed by atoms with Crippen molar-refractivity contribution in [3.63, 3.8) is 0 Å². The van der Waals surface area contributed by atoms with Crippen LogP contribution in [0.25, 0.3) is 16.7 Å². The molecule has 0 aromatic heterocycles. The maximum Gasteiger partial charge on any atom is 0.335 e. The fourth-order valence-electron chi connectivity index (χ4n) is 3.93. The van der Waals surface area contributed by atoms with Crippen LogP contribution in [0.15, 0.2) is 72.8 Å². The van der Waals surface area contributed by atoms with E-state index in [1.54, 1.807) is 12.1 Å². The lowest BCUT2D eigenvalue weighted by Gasteiger charge is -2.32. The van der Waals surface area contributed by atoms with Gasteiger partial charge < -0.3 is 5.11 Å². The summed E-state index contributed by atoms with van der Waals surface area (Å²) in [6.45, 7) is 6.68. The number of carboxylic acid groups (broad SMARTS) is 1. The van der Waals surface area contributed by atoms with Crippen molar-refractivity contribution in [2.45, 2.75) is 32.6 Å². The summed E-state index contributed by atoms with van der Waals surface area (Å²) in [6, 6.07) is 22.4. The molecule has 0 saturated heterocycles. The van der Waals surface area contributed by atoms with Crippen molar-refractivity contribution < 1.29 is 9.90 Å². The molecule has 0 bridgehead atoms. The third kappa shape index (κ3) is 3.27. The largest absolute Gasteiger partial charge is 0.478 e. The summed E-state index contributed by atoms with van der Waals surface area (Å²) in [7, 11) is 0. The van der Waals surface area contributed by atoms with Gasteiger partial charge in [-0.15, -0.1) is 0 Å². The summed E-state index contributed by atoms with van der Waals surface area (Å²) >= 11 is 0. The number of carbonyl (C=O) groups is 1. The van der Waals surface area contributed by atoms with E-state index in [4.69, 9.17) is 5.11 Å². The average molecular weight is 368 g/mol. The summed E-state index contributed by atoms with van der Waals surface area (Å²) in [5.74, 6) is -0.900. The van der Waals surface area contributed by atoms with Crippen LogP contribution in [0.3, 0.4) is 0 Å². The second kappa shape index (κ2) is 6.79. The van der Waals surface area contributed by atoms with Crippen molar-refractivity contribution in [3.8, 4) is 11.1 Å². The highest BCUT2D eigenvalue weighted by Gasteiger charge is 2.28. The van der Waals surface area contributed by atoms with E-state index in [0.717, 1.165) is 17.5 Å². The van der Waals surface area contributed by atoms with E-state index in [1.807, 2.05) is 12.1 Å². The normalized spacial score (nSPS) is 14.9. The quantitative estimate of drug-likeness (QED) is 0.575. The Bertz CT molecular complexity index is 1070. The number of benzene rings is 3. The first-order valence-corrected chi connectivity index (χ1v) is 9.61. The van der Waals surface area contributed by atoms with E-state index in [9.17, 15) is 4.79 Å². The van der Waals surface area contributed by atoms with Crippen LogP contribution in [0.1, 0.15) is 52.9 Å². The molecule has 4 rings (SSSR count). The van der Waals surface area contributed by atoms with Crippen molar-refractivity contribution in [2.24, 2.45) is 0 Å². The smallest absolute Gasteiger partial charge is 0.335 e. The number of allylic oxidation sites excluding steroid dienone is 1. The van der Waals surface area contributed by atoms with E-state index in [-0.39, 0.29) is 5.41 Å². The van der Waals surface area contributed by atoms with Crippen molar-refractivity contribution >= 4 is 11.5 Å². The van der Waals surface area contributed by atoms with Crippen molar-refractivity contribution in [2.75, 3.05) is 0 Å². The molecule has 0 spiro atoms. The maximum absolute atomic E-state index is 11.1. The summed E-state index contributed by atoms with van der Waals surface area (Å²) in [5, 5.41) is 9.13. The molecule has 3 aromatic rings. The molecule has 0 heterocycles. The molecule has 1 aliphatic rings. The molecule has 0 fully saturated rings. The highest BCUT2D eigenvalue weighted by molar-refractivity contribution is 5.89. The number of aromatic carboxylic acids is 1. The van der Waals surface area contributed by atoms with Crippen LogP contribution in [-0.2, 0) is 5.41 Å². The number of hydrogen-bond donors (Lipinski definition) is 1. The van der Waals surface area contributed by atoms with Gasteiger partial charge in [0.2, 0.25) is 0 Å². The van der Waals surface area contributed by atoms with Gasteiger partial charge in [0, 0.05) is 0 Å². The van der Waals surface area contributed by atoms with Crippen LogP contribution in [0, 0.1) is 6.92 Å². The highest BCUT2D eigenvalue weighted by atomic mass is 16.4. The van der Waals surface area contributed by atoms with Crippen LogP contribution in [-0.4, -0.2) is 11.1 Å². The second-order valence-electron chi connectivity index (χ2n) is 8.21. The van der Waals surface area contributed by atoms with Crippen LogP contribution >= 0.6 is 0 Å². The van der Waals surface area contributed by atoms with Gasteiger partial charge in [-0.3, -0.25) is 0 Å². The fraction of sp³-hybridized carbons (Fsp3) is 0.192. The van der Waals surface area contributed by atoms with Gasteiger partial charge in [0.25, 0.3) is 0 Å². The van der Waals surface area contributed by atoms with Gasteiger partial charge in [-0.1, -0.05) is 74.0 Å². The molecule has 0 radical (unpaired) electrons. The van der Waals surface area contributed by atoms with Crippen LogP contribution < -0.4 is 0 Å². The Balaban J connectivity index is 1.82. The lowest BCUT2D eigenvalue weighted by atomic mass is 9.71. The van der Waals surface area contributed by atoms with Crippen molar-refractivity contribution in [1.29, 1.82) is 0 Å². The van der Waals surface area contributed by atoms with E-state index in [1.165, 1.54) is 27.8 Å². The van der Waals surface area contributed by atoms with E-state index in [0.29, 0.717) is 5.56 Å². The van der Waals surface area contributed by atoms with Gasteiger partial charge in [-0.05, 0) is 70.3 Å². The highest BCUT2D eigenvalue weighted by Crippen LogP contribution is 2.42. The molecule has 2 nitrogen and oxygen atoms in total. The van der Waals surface area contributed by atoms with Crippen molar-refractivity contribution in [3.05, 3.63) is 101 Å². The van der Waals surface area contributed by atoms with Crippen LogP contribution in [0.5, 0.6) is 0 Å². The lowest BCUT2D eigenvalue weighted by Crippen LogP contribution is -2.21. The predicted octanol–water partition coefficient (Wildman–Crippen LogP) is 6.47. The molecule has 1 N–H and O–H groups in total. The molecule has 0 aliphatic heterocycles. The van der Waals surface area contributed by atoms with E-state index < -0.39 is 5.97 Å². The minimum absolute atomic E-state index is 0.0925. The summed E-state index contributed by atoms with van der Waals surface area (Å²) in [5.41, 5.74) is 8.92. The van der Waals surface area contributed by atoms with Gasteiger partial charge in [0.05, 0.1) is 5.56 Å². The molecule has 3 aromatic carbocycles. The Hall–Kier alpha value is -3.13. The van der Waals surface area contributed by atoms with Crippen molar-refractivity contribution in [1.82, 2.24) is 0 Å². The van der Waals surface area contributed by atoms with Gasteiger partial charge in [0.15, 0.2) is 0 Å².